The third-order valence-corrected chi connectivity index (χ3v) is 3.75. The fourth-order valence-corrected chi connectivity index (χ4v) is 2.66. The first-order valence-electron chi connectivity index (χ1n) is 6.90. The van der Waals surface area contributed by atoms with Crippen molar-refractivity contribution in [2.75, 3.05) is 14.2 Å². The molecule has 2 heterocycles. The van der Waals surface area contributed by atoms with E-state index in [0.717, 1.165) is 0 Å². The second-order valence-corrected chi connectivity index (χ2v) is 5.03. The molecule has 0 atom stereocenters. The molecule has 23 heavy (non-hydrogen) atoms. The molecule has 0 saturated carbocycles. The van der Waals surface area contributed by atoms with Crippen LogP contribution in [-0.4, -0.2) is 19.4 Å². The number of methoxy groups -OCH3 is 2. The first-order valence-corrected chi connectivity index (χ1v) is 6.90. The first-order chi connectivity index (χ1) is 11.2. The molecule has 0 amide bonds. The van der Waals surface area contributed by atoms with Gasteiger partial charge in [-0.15, -0.1) is 0 Å². The van der Waals surface area contributed by atoms with E-state index in [1.165, 1.54) is 25.5 Å². The minimum Gasteiger partial charge on any atom is -0.497 e. The Morgan fingerprint density at radius 3 is 2.65 bits per heavy atom. The molecule has 3 aromatic rings. The van der Waals surface area contributed by atoms with Gasteiger partial charge in [0, 0.05) is 17.7 Å². The minimum absolute atomic E-state index is 0.372. The summed E-state index contributed by atoms with van der Waals surface area (Å²) in [4.78, 5) is 0. The molecule has 2 aromatic carbocycles. The Bertz CT molecular complexity index is 904. The van der Waals surface area contributed by atoms with Crippen molar-refractivity contribution in [1.82, 2.24) is 5.16 Å². The lowest BCUT2D eigenvalue weighted by Crippen LogP contribution is -1.94. The summed E-state index contributed by atoms with van der Waals surface area (Å²) >= 11 is 0. The van der Waals surface area contributed by atoms with Crippen molar-refractivity contribution in [2.24, 2.45) is 0 Å². The lowest BCUT2D eigenvalue weighted by molar-refractivity contribution is 0.369. The van der Waals surface area contributed by atoms with Gasteiger partial charge in [-0.25, -0.2) is 4.39 Å². The Hall–Kier alpha value is -3.02. The molecule has 1 aliphatic rings. The van der Waals surface area contributed by atoms with Crippen LogP contribution in [0.5, 0.6) is 23.0 Å². The first kappa shape index (κ1) is 13.6. The van der Waals surface area contributed by atoms with Gasteiger partial charge in [0.2, 0.25) is 0 Å². The third-order valence-electron chi connectivity index (χ3n) is 3.75. The number of hydrogen-bond donors (Lipinski definition) is 0. The van der Waals surface area contributed by atoms with Crippen LogP contribution in [0, 0.1) is 5.82 Å². The summed E-state index contributed by atoms with van der Waals surface area (Å²) in [6.45, 7) is 0. The topological polar surface area (TPSA) is 53.7 Å². The Morgan fingerprint density at radius 1 is 1.00 bits per heavy atom. The van der Waals surface area contributed by atoms with Crippen molar-refractivity contribution >= 4 is 0 Å². The molecule has 0 spiro atoms. The molecule has 5 nitrogen and oxygen atoms in total. The summed E-state index contributed by atoms with van der Waals surface area (Å²) in [5.74, 6) is 1.47. The fraction of sp³-hybridized carbons (Fsp3) is 0.118. The zero-order chi connectivity index (χ0) is 16.0. The van der Waals surface area contributed by atoms with E-state index in [1.807, 2.05) is 0 Å². The summed E-state index contributed by atoms with van der Waals surface area (Å²) in [7, 11) is 3.09. The maximum absolute atomic E-state index is 13.6. The van der Waals surface area contributed by atoms with E-state index in [9.17, 15) is 4.39 Å². The number of aromatic nitrogens is 1. The van der Waals surface area contributed by atoms with Crippen LogP contribution < -0.4 is 14.2 Å². The Morgan fingerprint density at radius 2 is 1.87 bits per heavy atom. The number of hydrogen-bond acceptors (Lipinski definition) is 5. The maximum Gasteiger partial charge on any atom is 0.179 e. The average Bonchev–Trinajstić information content (AvgIpc) is 3.00. The molecule has 0 fully saturated rings. The van der Waals surface area contributed by atoms with Crippen LogP contribution in [0.3, 0.4) is 0 Å². The van der Waals surface area contributed by atoms with Gasteiger partial charge in [0.05, 0.1) is 25.3 Å². The third kappa shape index (κ3) is 2.03. The molecule has 4 rings (SSSR count). The molecule has 0 aliphatic carbocycles. The van der Waals surface area contributed by atoms with Crippen LogP contribution in [0.4, 0.5) is 4.39 Å². The zero-order valence-electron chi connectivity index (χ0n) is 12.4. The summed E-state index contributed by atoms with van der Waals surface area (Å²) in [6.07, 6.45) is 1.51. The highest BCUT2D eigenvalue weighted by Gasteiger charge is 2.27. The molecular weight excluding hydrogens is 301 g/mol. The van der Waals surface area contributed by atoms with Gasteiger partial charge in [0.25, 0.3) is 0 Å². The highest BCUT2D eigenvalue weighted by atomic mass is 19.1. The number of ether oxygens (including phenoxy) is 3. The summed E-state index contributed by atoms with van der Waals surface area (Å²) in [5, 5.41) is 4.07. The van der Waals surface area contributed by atoms with Crippen molar-refractivity contribution in [3.8, 4) is 45.4 Å². The summed E-state index contributed by atoms with van der Waals surface area (Å²) in [6, 6.07) is 7.80. The van der Waals surface area contributed by atoms with Crippen LogP contribution in [-0.2, 0) is 0 Å². The quantitative estimate of drug-likeness (QED) is 0.553. The van der Waals surface area contributed by atoms with E-state index in [-0.39, 0.29) is 0 Å². The van der Waals surface area contributed by atoms with Gasteiger partial charge in [0.1, 0.15) is 29.3 Å². The number of halogens is 1. The largest absolute Gasteiger partial charge is 0.497 e. The molecular formula is C17H12FNO4. The van der Waals surface area contributed by atoms with Crippen LogP contribution in [0.15, 0.2) is 41.1 Å². The fourth-order valence-electron chi connectivity index (χ4n) is 2.66. The van der Waals surface area contributed by atoms with Crippen LogP contribution in [0.2, 0.25) is 0 Å². The molecule has 116 valence electrons. The molecule has 6 heteroatoms. The molecule has 1 aromatic heterocycles. The lowest BCUT2D eigenvalue weighted by atomic mass is 10.0. The van der Waals surface area contributed by atoms with Crippen molar-refractivity contribution in [1.29, 1.82) is 0 Å². The van der Waals surface area contributed by atoms with Crippen LogP contribution in [0.1, 0.15) is 0 Å². The Kier molecular flexibility index (Phi) is 2.97. The van der Waals surface area contributed by atoms with E-state index < -0.39 is 5.82 Å². The van der Waals surface area contributed by atoms with Gasteiger partial charge in [0.15, 0.2) is 11.5 Å². The second-order valence-electron chi connectivity index (χ2n) is 5.03. The number of rotatable bonds is 2. The van der Waals surface area contributed by atoms with Crippen molar-refractivity contribution in [2.45, 2.75) is 0 Å². The minimum atomic E-state index is -0.391. The van der Waals surface area contributed by atoms with Crippen molar-refractivity contribution in [3.05, 3.63) is 42.4 Å². The van der Waals surface area contributed by atoms with Gasteiger partial charge in [-0.05, 0) is 18.2 Å². The molecule has 0 N–H and O–H groups in total. The van der Waals surface area contributed by atoms with Gasteiger partial charge in [-0.2, -0.15) is 0 Å². The standard InChI is InChI=1S/C17H12FNO4/c1-20-10-6-12-16-13(8-22-19-16)11-4-3-9(18)5-14(11)23-17(12)15(7-10)21-2/h3-8H,1-2H3. The Balaban J connectivity index is 2.07. The Labute approximate surface area is 131 Å². The van der Waals surface area contributed by atoms with Gasteiger partial charge < -0.3 is 18.7 Å². The molecule has 0 bridgehead atoms. The van der Waals surface area contributed by atoms with E-state index in [2.05, 4.69) is 5.16 Å². The van der Waals surface area contributed by atoms with E-state index in [0.29, 0.717) is 45.4 Å². The predicted molar refractivity (Wildman–Crippen MR) is 80.5 cm³/mol. The van der Waals surface area contributed by atoms with E-state index >= 15 is 0 Å². The maximum atomic E-state index is 13.6. The van der Waals surface area contributed by atoms with Gasteiger partial charge in [-0.3, -0.25) is 0 Å². The normalized spacial score (nSPS) is 11.6. The van der Waals surface area contributed by atoms with Crippen LogP contribution >= 0.6 is 0 Å². The molecule has 0 radical (unpaired) electrons. The highest BCUT2D eigenvalue weighted by molar-refractivity contribution is 5.89. The number of fused-ring (bicyclic) bond motifs is 5. The SMILES string of the molecule is COc1cc(OC)c2c(c1)-c1nocc1-c1ccc(F)cc1O2. The van der Waals surface area contributed by atoms with E-state index in [4.69, 9.17) is 18.7 Å². The predicted octanol–water partition coefficient (Wildman–Crippen LogP) is 4.27. The summed E-state index contributed by atoms with van der Waals surface area (Å²) < 4.78 is 35.4. The summed E-state index contributed by atoms with van der Waals surface area (Å²) in [5.41, 5.74) is 2.65. The van der Waals surface area contributed by atoms with Crippen molar-refractivity contribution in [3.63, 3.8) is 0 Å². The van der Waals surface area contributed by atoms with Gasteiger partial charge in [-0.1, -0.05) is 5.16 Å². The average molecular weight is 313 g/mol. The monoisotopic (exact) mass is 313 g/mol. The number of benzene rings is 2. The lowest BCUT2D eigenvalue weighted by Gasteiger charge is -2.14. The highest BCUT2D eigenvalue weighted by Crippen LogP contribution is 2.51. The molecule has 0 unspecified atom stereocenters. The molecule has 0 saturated heterocycles. The smallest absolute Gasteiger partial charge is 0.179 e. The second kappa shape index (κ2) is 5.01. The van der Waals surface area contributed by atoms with E-state index in [1.54, 1.807) is 25.3 Å². The van der Waals surface area contributed by atoms with Gasteiger partial charge >= 0.3 is 0 Å². The number of nitrogens with zero attached hydrogens (tertiary/aromatic N) is 1. The molecule has 1 aliphatic heterocycles. The zero-order valence-corrected chi connectivity index (χ0v) is 12.4. The van der Waals surface area contributed by atoms with Crippen LogP contribution in [0.25, 0.3) is 22.4 Å². The van der Waals surface area contributed by atoms with Crippen molar-refractivity contribution < 1.29 is 23.1 Å².